The van der Waals surface area contributed by atoms with E-state index in [1.807, 2.05) is 28.7 Å². The smallest absolute Gasteiger partial charge is 0.196 e. The summed E-state index contributed by atoms with van der Waals surface area (Å²) in [5.41, 5.74) is 1.34. The Bertz CT molecular complexity index is 334. The molecule has 0 N–H and O–H groups in total. The summed E-state index contributed by atoms with van der Waals surface area (Å²) in [7, 11) is 0. The number of benzene rings is 1. The summed E-state index contributed by atoms with van der Waals surface area (Å²) in [6.45, 7) is 0. The van der Waals surface area contributed by atoms with Crippen LogP contribution < -0.4 is 0 Å². The van der Waals surface area contributed by atoms with Crippen LogP contribution in [0.4, 0.5) is 0 Å². The number of rotatable bonds is 2. The lowest BCUT2D eigenvalue weighted by Crippen LogP contribution is -2.22. The first kappa shape index (κ1) is 11.1. The molecule has 80 valence electrons. The zero-order chi connectivity index (χ0) is 10.7. The van der Waals surface area contributed by atoms with E-state index in [9.17, 15) is 4.79 Å². The number of carbonyl (C=O) groups is 1. The fraction of sp³-hybridized carbons (Fsp3) is 0.462. The Labute approximate surface area is 104 Å². The minimum absolute atomic E-state index is 0.252. The Morgan fingerprint density at radius 3 is 2.47 bits per heavy atom. The van der Waals surface area contributed by atoms with Gasteiger partial charge in [-0.05, 0) is 46.9 Å². The Morgan fingerprint density at radius 2 is 1.80 bits per heavy atom. The molecule has 0 radical (unpaired) electrons. The number of hydrogen-bond acceptors (Lipinski definition) is 1. The maximum atomic E-state index is 11.6. The van der Waals surface area contributed by atoms with Crippen molar-refractivity contribution in [2.45, 2.75) is 31.6 Å². The van der Waals surface area contributed by atoms with Crippen molar-refractivity contribution >= 4 is 26.4 Å². The lowest BCUT2D eigenvalue weighted by atomic mass is 9.76. The second kappa shape index (κ2) is 5.10. The number of halogens is 1. The SMILES string of the molecule is O=C(I)C1CCCCC1c1ccccc1. The van der Waals surface area contributed by atoms with Crippen LogP contribution in [0.2, 0.25) is 0 Å². The normalized spacial score (nSPS) is 26.2. The van der Waals surface area contributed by atoms with Crippen LogP contribution in [-0.4, -0.2) is 3.79 Å². The summed E-state index contributed by atoms with van der Waals surface area (Å²) in [6, 6.07) is 10.5. The van der Waals surface area contributed by atoms with Gasteiger partial charge in [-0.25, -0.2) is 0 Å². The highest BCUT2D eigenvalue weighted by Crippen LogP contribution is 2.39. The molecule has 2 rings (SSSR count). The van der Waals surface area contributed by atoms with E-state index in [-0.39, 0.29) is 5.92 Å². The van der Waals surface area contributed by atoms with E-state index in [4.69, 9.17) is 0 Å². The van der Waals surface area contributed by atoms with E-state index in [0.717, 1.165) is 6.42 Å². The Morgan fingerprint density at radius 1 is 1.13 bits per heavy atom. The predicted molar refractivity (Wildman–Crippen MR) is 70.2 cm³/mol. The maximum Gasteiger partial charge on any atom is 0.196 e. The van der Waals surface area contributed by atoms with Crippen molar-refractivity contribution in [3.05, 3.63) is 35.9 Å². The van der Waals surface area contributed by atoms with Gasteiger partial charge in [-0.1, -0.05) is 43.2 Å². The van der Waals surface area contributed by atoms with Crippen molar-refractivity contribution in [2.24, 2.45) is 5.92 Å². The van der Waals surface area contributed by atoms with E-state index in [2.05, 4.69) is 24.3 Å². The summed E-state index contributed by atoms with van der Waals surface area (Å²) < 4.78 is 0.334. The molecule has 1 fully saturated rings. The Kier molecular flexibility index (Phi) is 3.78. The van der Waals surface area contributed by atoms with Crippen molar-refractivity contribution < 1.29 is 4.79 Å². The van der Waals surface area contributed by atoms with E-state index in [0.29, 0.717) is 9.71 Å². The summed E-state index contributed by atoms with van der Waals surface area (Å²) in [4.78, 5) is 11.6. The number of hydrogen-bond donors (Lipinski definition) is 0. The van der Waals surface area contributed by atoms with Crippen LogP contribution in [-0.2, 0) is 4.79 Å². The molecular formula is C13H15IO. The zero-order valence-corrected chi connectivity index (χ0v) is 10.8. The molecule has 1 aliphatic carbocycles. The quantitative estimate of drug-likeness (QED) is 0.597. The third kappa shape index (κ3) is 2.60. The monoisotopic (exact) mass is 314 g/mol. The van der Waals surface area contributed by atoms with Gasteiger partial charge in [0.2, 0.25) is 0 Å². The molecule has 1 saturated carbocycles. The van der Waals surface area contributed by atoms with Gasteiger partial charge in [0.1, 0.15) is 0 Å². The van der Waals surface area contributed by atoms with Gasteiger partial charge in [0.25, 0.3) is 0 Å². The first-order valence-corrected chi connectivity index (χ1v) is 6.61. The molecule has 15 heavy (non-hydrogen) atoms. The first-order valence-electron chi connectivity index (χ1n) is 5.53. The standard InChI is InChI=1S/C13H15IO/c14-13(15)12-9-5-4-8-11(12)10-6-2-1-3-7-10/h1-3,6-7,11-12H,4-5,8-9H2. The molecule has 1 aliphatic rings. The topological polar surface area (TPSA) is 17.1 Å². The molecule has 2 atom stereocenters. The van der Waals surface area contributed by atoms with Crippen molar-refractivity contribution in [3.63, 3.8) is 0 Å². The Balaban J connectivity index is 2.22. The molecule has 0 amide bonds. The highest BCUT2D eigenvalue weighted by atomic mass is 127. The molecule has 2 unspecified atom stereocenters. The van der Waals surface area contributed by atoms with Gasteiger partial charge in [0, 0.05) is 5.92 Å². The third-order valence-electron chi connectivity index (χ3n) is 3.29. The van der Waals surface area contributed by atoms with Crippen molar-refractivity contribution in [1.29, 1.82) is 0 Å². The van der Waals surface area contributed by atoms with E-state index < -0.39 is 0 Å². The van der Waals surface area contributed by atoms with Gasteiger partial charge in [0.05, 0.1) is 0 Å². The summed E-state index contributed by atoms with van der Waals surface area (Å²) >= 11 is 1.96. The highest BCUT2D eigenvalue weighted by Gasteiger charge is 2.30. The van der Waals surface area contributed by atoms with E-state index in [1.54, 1.807) is 0 Å². The first-order chi connectivity index (χ1) is 7.29. The van der Waals surface area contributed by atoms with Crippen LogP contribution in [0.25, 0.3) is 0 Å². The van der Waals surface area contributed by atoms with Crippen molar-refractivity contribution in [2.75, 3.05) is 0 Å². The van der Waals surface area contributed by atoms with Gasteiger partial charge >= 0.3 is 0 Å². The minimum Gasteiger partial charge on any atom is -0.287 e. The lowest BCUT2D eigenvalue weighted by Gasteiger charge is -2.29. The van der Waals surface area contributed by atoms with Gasteiger partial charge in [-0.2, -0.15) is 0 Å². The van der Waals surface area contributed by atoms with E-state index >= 15 is 0 Å². The van der Waals surface area contributed by atoms with Crippen LogP contribution in [0.5, 0.6) is 0 Å². The van der Waals surface area contributed by atoms with Gasteiger partial charge in [-0.3, -0.25) is 4.79 Å². The van der Waals surface area contributed by atoms with Crippen LogP contribution >= 0.6 is 22.6 Å². The zero-order valence-electron chi connectivity index (χ0n) is 8.66. The largest absolute Gasteiger partial charge is 0.287 e. The molecule has 0 heterocycles. The van der Waals surface area contributed by atoms with Crippen molar-refractivity contribution in [1.82, 2.24) is 0 Å². The maximum absolute atomic E-state index is 11.6. The molecule has 0 aromatic heterocycles. The van der Waals surface area contributed by atoms with Gasteiger partial charge in [0.15, 0.2) is 3.79 Å². The Hall–Kier alpha value is -0.380. The minimum atomic E-state index is 0.252. The van der Waals surface area contributed by atoms with E-state index in [1.165, 1.54) is 24.8 Å². The van der Waals surface area contributed by atoms with Crippen molar-refractivity contribution in [3.8, 4) is 0 Å². The number of carbonyl (C=O) groups excluding carboxylic acids is 1. The lowest BCUT2D eigenvalue weighted by molar-refractivity contribution is -0.114. The fourth-order valence-electron chi connectivity index (χ4n) is 2.50. The summed E-state index contributed by atoms with van der Waals surface area (Å²) in [6.07, 6.45) is 4.72. The second-order valence-corrected chi connectivity index (χ2v) is 5.28. The molecule has 1 aromatic rings. The second-order valence-electron chi connectivity index (χ2n) is 4.21. The fourth-order valence-corrected chi connectivity index (χ4v) is 3.25. The molecule has 0 bridgehead atoms. The molecule has 1 nitrogen and oxygen atoms in total. The summed E-state index contributed by atoms with van der Waals surface area (Å²) in [5, 5.41) is 0. The molecule has 0 saturated heterocycles. The molecule has 2 heteroatoms. The average Bonchev–Trinajstić information content (AvgIpc) is 2.30. The molecular weight excluding hydrogens is 299 g/mol. The van der Waals surface area contributed by atoms with Gasteiger partial charge in [-0.15, -0.1) is 0 Å². The summed E-state index contributed by atoms with van der Waals surface area (Å²) in [5.74, 6) is 0.714. The molecule has 1 aromatic carbocycles. The van der Waals surface area contributed by atoms with Crippen LogP contribution in [0, 0.1) is 5.92 Å². The average molecular weight is 314 g/mol. The van der Waals surface area contributed by atoms with Crippen LogP contribution in [0.1, 0.15) is 37.2 Å². The highest BCUT2D eigenvalue weighted by molar-refractivity contribution is 14.1. The van der Waals surface area contributed by atoms with Crippen LogP contribution in [0.15, 0.2) is 30.3 Å². The molecule has 0 aliphatic heterocycles. The molecule has 0 spiro atoms. The third-order valence-corrected chi connectivity index (χ3v) is 4.09. The predicted octanol–water partition coefficient (Wildman–Crippen LogP) is 3.92. The van der Waals surface area contributed by atoms with Crippen LogP contribution in [0.3, 0.4) is 0 Å². The van der Waals surface area contributed by atoms with Gasteiger partial charge < -0.3 is 0 Å².